The van der Waals surface area contributed by atoms with Crippen LogP contribution >= 0.6 is 0 Å². The van der Waals surface area contributed by atoms with Crippen LogP contribution in [-0.2, 0) is 12.8 Å². The molecule has 0 spiro atoms. The van der Waals surface area contributed by atoms with Gasteiger partial charge in [0.05, 0.1) is 37.2 Å². The molecular formula is C28H27N3O3. The van der Waals surface area contributed by atoms with Crippen molar-refractivity contribution in [2.45, 2.75) is 25.8 Å². The predicted molar refractivity (Wildman–Crippen MR) is 135 cm³/mol. The van der Waals surface area contributed by atoms with E-state index >= 15 is 0 Å². The van der Waals surface area contributed by atoms with Gasteiger partial charge in [-0.25, -0.2) is 4.68 Å². The van der Waals surface area contributed by atoms with E-state index in [1.165, 1.54) is 11.1 Å². The molecular weight excluding hydrogens is 426 g/mol. The molecule has 0 bridgehead atoms. The monoisotopic (exact) mass is 453 g/mol. The average molecular weight is 454 g/mol. The van der Waals surface area contributed by atoms with E-state index in [2.05, 4.69) is 29.4 Å². The van der Waals surface area contributed by atoms with Crippen molar-refractivity contribution in [2.24, 2.45) is 4.99 Å². The normalized spacial score (nSPS) is 13.7. The molecule has 1 aromatic heterocycles. The fourth-order valence-corrected chi connectivity index (χ4v) is 4.62. The summed E-state index contributed by atoms with van der Waals surface area (Å²) in [5.41, 5.74) is 6.22. The molecule has 4 aromatic rings. The molecule has 1 aliphatic carbocycles. The summed E-state index contributed by atoms with van der Waals surface area (Å²) in [5.74, 6) is 1.49. The summed E-state index contributed by atoms with van der Waals surface area (Å²) in [5, 5.41) is 3.32. The number of benzene rings is 3. The van der Waals surface area contributed by atoms with Gasteiger partial charge in [0.2, 0.25) is 0 Å². The SMILES string of the molecule is COc1ccc(-c2[nH]n(-c3ccc(OC)cc3)c(=O)c2C(C)=NC2Cc3ccccc3C2)cc1. The third kappa shape index (κ3) is 4.03. The first-order valence-electron chi connectivity index (χ1n) is 11.3. The summed E-state index contributed by atoms with van der Waals surface area (Å²) >= 11 is 0. The number of nitrogens with zero attached hydrogens (tertiary/aromatic N) is 2. The number of methoxy groups -OCH3 is 2. The first kappa shape index (κ1) is 21.8. The quantitative estimate of drug-likeness (QED) is 0.425. The molecule has 1 aliphatic rings. The Hall–Kier alpha value is -4.06. The Bertz CT molecular complexity index is 1370. The van der Waals surface area contributed by atoms with E-state index in [1.807, 2.05) is 55.5 Å². The first-order valence-corrected chi connectivity index (χ1v) is 11.3. The maximum atomic E-state index is 13.7. The highest BCUT2D eigenvalue weighted by molar-refractivity contribution is 6.03. The standard InChI is InChI=1S/C28H27N3O3/c1-18(29-22-16-20-6-4-5-7-21(20)17-22)26-27(19-8-12-24(33-2)13-9-19)30-31(28(26)32)23-10-14-25(34-3)15-11-23/h4-15,22,30H,16-17H2,1-3H3. The van der Waals surface area contributed by atoms with Crippen molar-refractivity contribution >= 4 is 5.71 Å². The van der Waals surface area contributed by atoms with Crippen LogP contribution in [0.3, 0.4) is 0 Å². The maximum absolute atomic E-state index is 13.7. The number of rotatable bonds is 6. The van der Waals surface area contributed by atoms with Crippen molar-refractivity contribution in [1.29, 1.82) is 0 Å². The first-order chi connectivity index (χ1) is 16.6. The Kier molecular flexibility index (Phi) is 5.80. The van der Waals surface area contributed by atoms with Crippen LogP contribution in [0.1, 0.15) is 23.6 Å². The Morgan fingerprint density at radius 1 is 0.882 bits per heavy atom. The van der Waals surface area contributed by atoms with Crippen LogP contribution in [0, 0.1) is 0 Å². The van der Waals surface area contributed by atoms with E-state index in [1.54, 1.807) is 18.9 Å². The molecule has 0 saturated carbocycles. The topological polar surface area (TPSA) is 68.6 Å². The Labute approximate surface area is 198 Å². The Morgan fingerprint density at radius 2 is 1.44 bits per heavy atom. The lowest BCUT2D eigenvalue weighted by Gasteiger charge is -2.07. The van der Waals surface area contributed by atoms with Gasteiger partial charge < -0.3 is 9.47 Å². The lowest BCUT2D eigenvalue weighted by Crippen LogP contribution is -2.20. The van der Waals surface area contributed by atoms with Crippen molar-refractivity contribution < 1.29 is 9.47 Å². The second kappa shape index (κ2) is 9.06. The number of hydrogen-bond donors (Lipinski definition) is 1. The molecule has 0 atom stereocenters. The van der Waals surface area contributed by atoms with E-state index in [4.69, 9.17) is 14.5 Å². The zero-order valence-corrected chi connectivity index (χ0v) is 19.5. The van der Waals surface area contributed by atoms with Crippen LogP contribution < -0.4 is 15.0 Å². The summed E-state index contributed by atoms with van der Waals surface area (Å²) in [6.07, 6.45) is 1.78. The molecule has 172 valence electrons. The highest BCUT2D eigenvalue weighted by Gasteiger charge is 2.24. The average Bonchev–Trinajstić information content (AvgIpc) is 3.44. The zero-order chi connectivity index (χ0) is 23.7. The number of fused-ring (bicyclic) bond motifs is 1. The van der Waals surface area contributed by atoms with Crippen molar-refractivity contribution in [2.75, 3.05) is 14.2 Å². The highest BCUT2D eigenvalue weighted by atomic mass is 16.5. The second-order valence-electron chi connectivity index (χ2n) is 8.47. The lowest BCUT2D eigenvalue weighted by molar-refractivity contribution is 0.414. The van der Waals surface area contributed by atoms with Gasteiger partial charge in [-0.2, -0.15) is 0 Å². The summed E-state index contributed by atoms with van der Waals surface area (Å²) in [6.45, 7) is 1.93. The van der Waals surface area contributed by atoms with Crippen molar-refractivity contribution in [3.8, 4) is 28.4 Å². The van der Waals surface area contributed by atoms with Crippen LogP contribution in [0.15, 0.2) is 82.6 Å². The van der Waals surface area contributed by atoms with Gasteiger partial charge in [-0.15, -0.1) is 0 Å². The largest absolute Gasteiger partial charge is 0.497 e. The maximum Gasteiger partial charge on any atom is 0.280 e. The molecule has 1 N–H and O–H groups in total. The summed E-state index contributed by atoms with van der Waals surface area (Å²) < 4.78 is 12.1. The third-order valence-corrected chi connectivity index (χ3v) is 6.37. The van der Waals surface area contributed by atoms with E-state index in [-0.39, 0.29) is 11.6 Å². The van der Waals surface area contributed by atoms with Gasteiger partial charge in [-0.1, -0.05) is 24.3 Å². The molecule has 6 heteroatoms. The second-order valence-corrected chi connectivity index (χ2v) is 8.47. The number of aromatic nitrogens is 2. The number of nitrogens with one attached hydrogen (secondary N) is 1. The van der Waals surface area contributed by atoms with E-state index in [0.29, 0.717) is 5.56 Å². The Morgan fingerprint density at radius 3 is 2.00 bits per heavy atom. The fourth-order valence-electron chi connectivity index (χ4n) is 4.62. The van der Waals surface area contributed by atoms with Crippen LogP contribution in [0.4, 0.5) is 0 Å². The molecule has 0 radical (unpaired) electrons. The van der Waals surface area contributed by atoms with Crippen LogP contribution in [0.2, 0.25) is 0 Å². The summed E-state index contributed by atoms with van der Waals surface area (Å²) in [6, 6.07) is 23.7. The van der Waals surface area contributed by atoms with Gasteiger partial charge in [-0.3, -0.25) is 14.9 Å². The molecule has 3 aromatic carbocycles. The molecule has 0 unspecified atom stereocenters. The number of aliphatic imine (C=N–C) groups is 1. The van der Waals surface area contributed by atoms with Crippen molar-refractivity contribution in [3.05, 3.63) is 99.8 Å². The smallest absolute Gasteiger partial charge is 0.280 e. The van der Waals surface area contributed by atoms with E-state index in [9.17, 15) is 4.79 Å². The zero-order valence-electron chi connectivity index (χ0n) is 19.5. The number of hydrogen-bond acceptors (Lipinski definition) is 4. The molecule has 6 nitrogen and oxygen atoms in total. The number of H-pyrrole nitrogens is 1. The van der Waals surface area contributed by atoms with Crippen molar-refractivity contribution in [1.82, 2.24) is 9.78 Å². The Balaban J connectivity index is 1.59. The van der Waals surface area contributed by atoms with Gasteiger partial charge in [-0.05, 0) is 79.4 Å². The van der Waals surface area contributed by atoms with Gasteiger partial charge in [0.15, 0.2) is 0 Å². The molecule has 34 heavy (non-hydrogen) atoms. The number of aromatic amines is 1. The third-order valence-electron chi connectivity index (χ3n) is 6.37. The van der Waals surface area contributed by atoms with Gasteiger partial charge >= 0.3 is 0 Å². The minimum Gasteiger partial charge on any atom is -0.497 e. The van der Waals surface area contributed by atoms with Crippen molar-refractivity contribution in [3.63, 3.8) is 0 Å². The molecule has 0 amide bonds. The van der Waals surface area contributed by atoms with Gasteiger partial charge in [0.1, 0.15) is 11.5 Å². The molecule has 0 aliphatic heterocycles. The molecule has 0 saturated heterocycles. The summed E-state index contributed by atoms with van der Waals surface area (Å²) in [7, 11) is 3.26. The molecule has 1 heterocycles. The van der Waals surface area contributed by atoms with E-state index in [0.717, 1.165) is 47.0 Å². The van der Waals surface area contributed by atoms with Crippen LogP contribution in [-0.4, -0.2) is 35.8 Å². The van der Waals surface area contributed by atoms with Gasteiger partial charge in [0, 0.05) is 11.3 Å². The summed E-state index contributed by atoms with van der Waals surface area (Å²) in [4.78, 5) is 18.7. The van der Waals surface area contributed by atoms with E-state index < -0.39 is 0 Å². The molecule has 5 rings (SSSR count). The minimum absolute atomic E-state index is 0.129. The molecule has 0 fully saturated rings. The van der Waals surface area contributed by atoms with Crippen LogP contribution in [0.25, 0.3) is 16.9 Å². The fraction of sp³-hybridized carbons (Fsp3) is 0.214. The highest BCUT2D eigenvalue weighted by Crippen LogP contribution is 2.27. The predicted octanol–water partition coefficient (Wildman–Crippen LogP) is 4.83. The minimum atomic E-state index is -0.132. The van der Waals surface area contributed by atoms with Gasteiger partial charge in [0.25, 0.3) is 5.56 Å². The lowest BCUT2D eigenvalue weighted by atomic mass is 10.0. The number of ether oxygens (including phenoxy) is 2. The van der Waals surface area contributed by atoms with Crippen LogP contribution in [0.5, 0.6) is 11.5 Å².